The quantitative estimate of drug-likeness (QED) is 0.657. The summed E-state index contributed by atoms with van der Waals surface area (Å²) >= 11 is 0. The van der Waals surface area contributed by atoms with Gasteiger partial charge in [-0.2, -0.15) is 0 Å². The summed E-state index contributed by atoms with van der Waals surface area (Å²) in [5, 5.41) is 3.02. The maximum absolute atomic E-state index is 12.4. The molecule has 0 radical (unpaired) electrons. The summed E-state index contributed by atoms with van der Waals surface area (Å²) in [6.07, 6.45) is 5.73. The van der Waals surface area contributed by atoms with Crippen LogP contribution < -0.4 is 5.32 Å². The SMILES string of the molecule is CCCS(=O)(=O)N1CCC[C@@H](C(=O)NCCCN2CCC[C@H](C)C2)C1. The Balaban J connectivity index is 1.69. The van der Waals surface area contributed by atoms with Gasteiger partial charge in [0.15, 0.2) is 0 Å². The molecule has 2 atom stereocenters. The van der Waals surface area contributed by atoms with Crippen LogP contribution in [0.4, 0.5) is 0 Å². The molecule has 2 rings (SSSR count). The van der Waals surface area contributed by atoms with Crippen molar-refractivity contribution in [2.45, 2.75) is 52.4 Å². The van der Waals surface area contributed by atoms with Crippen molar-refractivity contribution in [1.82, 2.24) is 14.5 Å². The molecule has 2 fully saturated rings. The monoisotopic (exact) mass is 373 g/mol. The number of carbonyl (C=O) groups is 1. The van der Waals surface area contributed by atoms with E-state index in [-0.39, 0.29) is 17.6 Å². The first-order valence-corrected chi connectivity index (χ1v) is 11.5. The van der Waals surface area contributed by atoms with Gasteiger partial charge in [-0.15, -0.1) is 0 Å². The fourth-order valence-electron chi connectivity index (χ4n) is 3.94. The molecule has 0 aromatic rings. The summed E-state index contributed by atoms with van der Waals surface area (Å²) in [5.74, 6) is 0.774. The topological polar surface area (TPSA) is 69.7 Å². The molecule has 2 aliphatic rings. The van der Waals surface area contributed by atoms with Crippen LogP contribution in [0.1, 0.15) is 52.4 Å². The van der Waals surface area contributed by atoms with Crippen molar-refractivity contribution >= 4 is 15.9 Å². The third kappa shape index (κ3) is 6.53. The standard InChI is InChI=1S/C18H35N3O3S/c1-3-13-25(23,24)21-12-5-8-17(15-21)18(22)19-9-6-11-20-10-4-7-16(2)14-20/h16-17H,3-15H2,1-2H3,(H,19,22)/t16-,17+/m0/s1. The lowest BCUT2D eigenvalue weighted by molar-refractivity contribution is -0.126. The molecule has 0 spiro atoms. The molecule has 0 saturated carbocycles. The van der Waals surface area contributed by atoms with Gasteiger partial charge in [-0.1, -0.05) is 13.8 Å². The van der Waals surface area contributed by atoms with Crippen molar-refractivity contribution in [2.75, 3.05) is 45.0 Å². The second-order valence-electron chi connectivity index (χ2n) is 7.71. The highest BCUT2D eigenvalue weighted by Gasteiger charge is 2.31. The molecular formula is C18H35N3O3S. The zero-order chi connectivity index (χ0) is 18.3. The minimum Gasteiger partial charge on any atom is -0.356 e. The van der Waals surface area contributed by atoms with Gasteiger partial charge in [-0.25, -0.2) is 12.7 Å². The Morgan fingerprint density at radius 2 is 1.92 bits per heavy atom. The first kappa shape index (κ1) is 20.6. The number of sulfonamides is 1. The molecular weight excluding hydrogens is 338 g/mol. The number of amides is 1. The van der Waals surface area contributed by atoms with Crippen LogP contribution in [0, 0.1) is 11.8 Å². The summed E-state index contributed by atoms with van der Waals surface area (Å²) in [5.41, 5.74) is 0. The highest BCUT2D eigenvalue weighted by Crippen LogP contribution is 2.20. The van der Waals surface area contributed by atoms with Crippen LogP contribution >= 0.6 is 0 Å². The van der Waals surface area contributed by atoms with E-state index in [9.17, 15) is 13.2 Å². The smallest absolute Gasteiger partial charge is 0.224 e. The lowest BCUT2D eigenvalue weighted by Gasteiger charge is -2.32. The van der Waals surface area contributed by atoms with E-state index in [1.165, 1.54) is 30.2 Å². The van der Waals surface area contributed by atoms with Gasteiger partial charge in [-0.3, -0.25) is 4.79 Å². The normalized spacial score (nSPS) is 26.5. The van der Waals surface area contributed by atoms with E-state index in [2.05, 4.69) is 17.1 Å². The minimum absolute atomic E-state index is 0.0170. The van der Waals surface area contributed by atoms with E-state index in [0.29, 0.717) is 26.1 Å². The first-order valence-electron chi connectivity index (χ1n) is 9.90. The van der Waals surface area contributed by atoms with Gasteiger partial charge >= 0.3 is 0 Å². The van der Waals surface area contributed by atoms with E-state index in [1.54, 1.807) is 0 Å². The summed E-state index contributed by atoms with van der Waals surface area (Å²) in [6, 6.07) is 0. The van der Waals surface area contributed by atoms with Gasteiger partial charge in [0.2, 0.25) is 15.9 Å². The van der Waals surface area contributed by atoms with Crippen LogP contribution in [0.3, 0.4) is 0 Å². The summed E-state index contributed by atoms with van der Waals surface area (Å²) < 4.78 is 25.9. The van der Waals surface area contributed by atoms with Crippen LogP contribution in [0.25, 0.3) is 0 Å². The van der Waals surface area contributed by atoms with E-state index in [0.717, 1.165) is 31.7 Å². The Morgan fingerprint density at radius 3 is 2.64 bits per heavy atom. The molecule has 2 aliphatic heterocycles. The van der Waals surface area contributed by atoms with Crippen LogP contribution in [0.5, 0.6) is 0 Å². The largest absolute Gasteiger partial charge is 0.356 e. The average molecular weight is 374 g/mol. The number of piperidine rings is 2. The van der Waals surface area contributed by atoms with Crippen LogP contribution in [0.2, 0.25) is 0 Å². The van der Waals surface area contributed by atoms with Crippen molar-refractivity contribution in [3.8, 4) is 0 Å². The van der Waals surface area contributed by atoms with Gasteiger partial charge in [-0.05, 0) is 57.5 Å². The predicted molar refractivity (Wildman–Crippen MR) is 101 cm³/mol. The third-order valence-electron chi connectivity index (χ3n) is 5.30. The Morgan fingerprint density at radius 1 is 1.16 bits per heavy atom. The Hall–Kier alpha value is -0.660. The molecule has 0 aromatic carbocycles. The van der Waals surface area contributed by atoms with Crippen molar-refractivity contribution in [3.63, 3.8) is 0 Å². The number of likely N-dealkylation sites (tertiary alicyclic amines) is 1. The third-order valence-corrected chi connectivity index (χ3v) is 7.34. The Bertz CT molecular complexity index is 524. The number of carbonyl (C=O) groups excluding carboxylic acids is 1. The Labute approximate surface area is 153 Å². The van der Waals surface area contributed by atoms with Crippen LogP contribution in [0.15, 0.2) is 0 Å². The molecule has 1 amide bonds. The van der Waals surface area contributed by atoms with E-state index in [4.69, 9.17) is 0 Å². The molecule has 0 bridgehead atoms. The molecule has 0 aromatic heterocycles. The van der Waals surface area contributed by atoms with Crippen molar-refractivity contribution in [2.24, 2.45) is 11.8 Å². The molecule has 6 nitrogen and oxygen atoms in total. The molecule has 0 aliphatic carbocycles. The van der Waals surface area contributed by atoms with Gasteiger partial charge in [0.1, 0.15) is 0 Å². The van der Waals surface area contributed by atoms with E-state index in [1.807, 2.05) is 6.92 Å². The van der Waals surface area contributed by atoms with Crippen molar-refractivity contribution in [1.29, 1.82) is 0 Å². The second-order valence-corrected chi connectivity index (χ2v) is 9.79. The fourth-order valence-corrected chi connectivity index (χ4v) is 5.53. The van der Waals surface area contributed by atoms with Gasteiger partial charge in [0, 0.05) is 26.2 Å². The number of hydrogen-bond donors (Lipinski definition) is 1. The minimum atomic E-state index is -3.20. The zero-order valence-corrected chi connectivity index (χ0v) is 16.7. The number of hydrogen-bond acceptors (Lipinski definition) is 4. The van der Waals surface area contributed by atoms with E-state index < -0.39 is 10.0 Å². The molecule has 1 N–H and O–H groups in total. The highest BCUT2D eigenvalue weighted by atomic mass is 32.2. The van der Waals surface area contributed by atoms with Gasteiger partial charge in [0.25, 0.3) is 0 Å². The zero-order valence-electron chi connectivity index (χ0n) is 15.9. The number of rotatable bonds is 8. The maximum atomic E-state index is 12.4. The summed E-state index contributed by atoms with van der Waals surface area (Å²) in [7, 11) is -3.20. The van der Waals surface area contributed by atoms with Crippen LogP contribution in [-0.4, -0.2) is 68.6 Å². The summed E-state index contributed by atoms with van der Waals surface area (Å²) in [6.45, 7) is 9.13. The highest BCUT2D eigenvalue weighted by molar-refractivity contribution is 7.89. The average Bonchev–Trinajstić information content (AvgIpc) is 2.59. The lowest BCUT2D eigenvalue weighted by Crippen LogP contribution is -2.46. The van der Waals surface area contributed by atoms with Crippen molar-refractivity contribution < 1.29 is 13.2 Å². The number of nitrogens with one attached hydrogen (secondary N) is 1. The predicted octanol–water partition coefficient (Wildman–Crippen LogP) is 1.68. The molecule has 7 heteroatoms. The molecule has 2 heterocycles. The lowest BCUT2D eigenvalue weighted by atomic mass is 9.99. The Kier molecular flexibility index (Phi) is 8.16. The van der Waals surface area contributed by atoms with Gasteiger partial charge < -0.3 is 10.2 Å². The molecule has 2 saturated heterocycles. The van der Waals surface area contributed by atoms with E-state index >= 15 is 0 Å². The maximum Gasteiger partial charge on any atom is 0.224 e. The second kappa shape index (κ2) is 9.88. The molecule has 25 heavy (non-hydrogen) atoms. The first-order chi connectivity index (χ1) is 11.9. The van der Waals surface area contributed by atoms with Crippen molar-refractivity contribution in [3.05, 3.63) is 0 Å². The fraction of sp³-hybridized carbons (Fsp3) is 0.944. The molecule has 0 unspecified atom stereocenters. The van der Waals surface area contributed by atoms with Gasteiger partial charge in [0.05, 0.1) is 11.7 Å². The summed E-state index contributed by atoms with van der Waals surface area (Å²) in [4.78, 5) is 14.9. The molecule has 146 valence electrons. The number of nitrogens with zero attached hydrogens (tertiary/aromatic N) is 2. The van der Waals surface area contributed by atoms with Crippen LogP contribution in [-0.2, 0) is 14.8 Å².